The fraction of sp³-hybridized carbons (Fsp3) is 0.333. The summed E-state index contributed by atoms with van der Waals surface area (Å²) in [5, 5.41) is 8.04. The summed E-state index contributed by atoms with van der Waals surface area (Å²) in [6, 6.07) is 7.13. The molecule has 1 heterocycles. The summed E-state index contributed by atoms with van der Waals surface area (Å²) < 4.78 is 35.1. The number of amides is 1. The van der Waals surface area contributed by atoms with E-state index in [9.17, 15) is 13.6 Å². The van der Waals surface area contributed by atoms with Crippen LogP contribution in [0, 0.1) is 11.6 Å². The van der Waals surface area contributed by atoms with Crippen LogP contribution < -0.4 is 10.1 Å². The van der Waals surface area contributed by atoms with Gasteiger partial charge in [-0.2, -0.15) is 5.10 Å². The zero-order chi connectivity index (χ0) is 19.7. The normalized spacial score (nSPS) is 15.0. The molecule has 1 N–H and O–H groups in total. The topological polar surface area (TPSA) is 56.1 Å². The molecular formula is C21H21F2N3O2. The van der Waals surface area contributed by atoms with Gasteiger partial charge in [0.25, 0.3) is 5.91 Å². The lowest BCUT2D eigenvalue weighted by Crippen LogP contribution is -2.16. The number of hydrogen-bond acceptors (Lipinski definition) is 3. The molecule has 28 heavy (non-hydrogen) atoms. The first kappa shape index (κ1) is 18.4. The first-order chi connectivity index (χ1) is 13.6. The number of benzene rings is 2. The van der Waals surface area contributed by atoms with E-state index in [4.69, 9.17) is 4.74 Å². The van der Waals surface area contributed by atoms with Crippen LogP contribution in [0.2, 0.25) is 0 Å². The van der Waals surface area contributed by atoms with E-state index in [2.05, 4.69) is 10.4 Å². The predicted octanol–water partition coefficient (Wildman–Crippen LogP) is 5.08. The third-order valence-corrected chi connectivity index (χ3v) is 5.23. The number of nitrogens with zero attached hydrogens (tertiary/aromatic N) is 2. The Bertz CT molecular complexity index is 1010. The molecule has 1 fully saturated rings. The summed E-state index contributed by atoms with van der Waals surface area (Å²) in [6.07, 6.45) is 7.79. The second-order valence-corrected chi connectivity index (χ2v) is 7.06. The summed E-state index contributed by atoms with van der Waals surface area (Å²) in [6.45, 7) is 0. The molecule has 2 aromatic carbocycles. The zero-order valence-electron chi connectivity index (χ0n) is 15.5. The molecule has 0 radical (unpaired) electrons. The number of hydrogen-bond donors (Lipinski definition) is 1. The monoisotopic (exact) mass is 385 g/mol. The Balaban J connectivity index is 1.67. The molecule has 0 bridgehead atoms. The molecule has 1 aliphatic rings. The Hall–Kier alpha value is -2.96. The average molecular weight is 385 g/mol. The van der Waals surface area contributed by atoms with Gasteiger partial charge in [-0.1, -0.05) is 25.3 Å². The third kappa shape index (κ3) is 3.44. The number of aromatic nitrogens is 2. The lowest BCUT2D eigenvalue weighted by atomic mass is 9.96. The fourth-order valence-electron chi connectivity index (χ4n) is 3.77. The molecule has 0 unspecified atom stereocenters. The Morgan fingerprint density at radius 1 is 1.18 bits per heavy atom. The van der Waals surface area contributed by atoms with E-state index in [-0.39, 0.29) is 0 Å². The lowest BCUT2D eigenvalue weighted by Gasteiger charge is -2.21. The average Bonchev–Trinajstić information content (AvgIpc) is 3.11. The number of nitrogens with one attached hydrogen (secondary N) is 1. The van der Waals surface area contributed by atoms with Crippen molar-refractivity contribution in [3.8, 4) is 5.75 Å². The van der Waals surface area contributed by atoms with Gasteiger partial charge in [0.1, 0.15) is 22.9 Å². The Kier molecular flexibility index (Phi) is 4.98. The molecule has 0 atom stereocenters. The smallest absolute Gasteiger partial charge is 0.261 e. The molecule has 0 spiro atoms. The van der Waals surface area contributed by atoms with E-state index in [0.717, 1.165) is 35.9 Å². The van der Waals surface area contributed by atoms with Crippen molar-refractivity contribution in [1.82, 2.24) is 9.78 Å². The van der Waals surface area contributed by atoms with E-state index in [1.165, 1.54) is 32.4 Å². The van der Waals surface area contributed by atoms with Gasteiger partial charge in [-0.05, 0) is 31.0 Å². The molecule has 146 valence electrons. The molecule has 5 nitrogen and oxygen atoms in total. The number of carbonyl (C=O) groups excluding carboxylic acids is 1. The van der Waals surface area contributed by atoms with Crippen molar-refractivity contribution < 1.29 is 18.3 Å². The van der Waals surface area contributed by atoms with Crippen molar-refractivity contribution in [1.29, 1.82) is 0 Å². The molecular weight excluding hydrogens is 364 g/mol. The van der Waals surface area contributed by atoms with Gasteiger partial charge >= 0.3 is 0 Å². The molecule has 3 aromatic rings. The largest absolute Gasteiger partial charge is 0.494 e. The van der Waals surface area contributed by atoms with Gasteiger partial charge in [0.15, 0.2) is 0 Å². The maximum Gasteiger partial charge on any atom is 0.261 e. The van der Waals surface area contributed by atoms with Gasteiger partial charge in [0, 0.05) is 17.6 Å². The van der Waals surface area contributed by atoms with Gasteiger partial charge in [0.2, 0.25) is 0 Å². The predicted molar refractivity (Wildman–Crippen MR) is 103 cm³/mol. The molecule has 4 rings (SSSR count). The van der Waals surface area contributed by atoms with Crippen LogP contribution in [0.15, 0.2) is 36.5 Å². The SMILES string of the molecule is COc1cc2nn(C3CCCCC3)cc2cc1NC(=O)c1c(F)cccc1F. The highest BCUT2D eigenvalue weighted by Gasteiger charge is 2.21. The number of halogens is 2. The van der Waals surface area contributed by atoms with Gasteiger partial charge in [-0.25, -0.2) is 8.78 Å². The van der Waals surface area contributed by atoms with E-state index in [0.29, 0.717) is 17.5 Å². The van der Waals surface area contributed by atoms with Crippen molar-refractivity contribution in [2.75, 3.05) is 12.4 Å². The van der Waals surface area contributed by atoms with E-state index < -0.39 is 23.1 Å². The summed E-state index contributed by atoms with van der Waals surface area (Å²) in [5.41, 5.74) is 0.464. The number of carbonyl (C=O) groups is 1. The molecule has 1 aromatic heterocycles. The lowest BCUT2D eigenvalue weighted by molar-refractivity contribution is 0.101. The minimum absolute atomic E-state index is 0.339. The number of ether oxygens (including phenoxy) is 1. The summed E-state index contributed by atoms with van der Waals surface area (Å²) >= 11 is 0. The Labute approximate surface area is 161 Å². The van der Waals surface area contributed by atoms with E-state index in [1.54, 1.807) is 12.1 Å². The molecule has 7 heteroatoms. The maximum atomic E-state index is 13.9. The fourth-order valence-corrected chi connectivity index (χ4v) is 3.77. The van der Waals surface area contributed by atoms with E-state index >= 15 is 0 Å². The van der Waals surface area contributed by atoms with Gasteiger partial charge in [0.05, 0.1) is 24.4 Å². The highest BCUT2D eigenvalue weighted by atomic mass is 19.1. The van der Waals surface area contributed by atoms with Crippen molar-refractivity contribution >= 4 is 22.5 Å². The molecule has 0 aliphatic heterocycles. The maximum absolute atomic E-state index is 13.9. The summed E-state index contributed by atoms with van der Waals surface area (Å²) in [7, 11) is 1.47. The molecule has 1 saturated carbocycles. The van der Waals surface area contributed by atoms with Crippen LogP contribution in [0.1, 0.15) is 48.5 Å². The van der Waals surface area contributed by atoms with Crippen LogP contribution in [0.4, 0.5) is 14.5 Å². The van der Waals surface area contributed by atoms with Gasteiger partial charge < -0.3 is 10.1 Å². The number of anilines is 1. The zero-order valence-corrected chi connectivity index (χ0v) is 15.5. The quantitative estimate of drug-likeness (QED) is 0.681. The third-order valence-electron chi connectivity index (χ3n) is 5.23. The number of fused-ring (bicyclic) bond motifs is 1. The first-order valence-electron chi connectivity index (χ1n) is 9.39. The second-order valence-electron chi connectivity index (χ2n) is 7.06. The van der Waals surface area contributed by atoms with Gasteiger partial charge in [-0.3, -0.25) is 9.48 Å². The van der Waals surface area contributed by atoms with Crippen molar-refractivity contribution in [2.45, 2.75) is 38.1 Å². The minimum atomic E-state index is -0.914. The Morgan fingerprint density at radius 2 is 1.89 bits per heavy atom. The Morgan fingerprint density at radius 3 is 2.57 bits per heavy atom. The number of rotatable bonds is 4. The van der Waals surface area contributed by atoms with E-state index in [1.807, 2.05) is 10.9 Å². The summed E-state index contributed by atoms with van der Waals surface area (Å²) in [5.74, 6) is -2.32. The minimum Gasteiger partial charge on any atom is -0.494 e. The first-order valence-corrected chi connectivity index (χ1v) is 9.39. The molecule has 0 saturated heterocycles. The van der Waals surface area contributed by atoms with Crippen molar-refractivity contribution in [3.05, 3.63) is 53.7 Å². The summed E-state index contributed by atoms with van der Waals surface area (Å²) in [4.78, 5) is 12.4. The van der Waals surface area contributed by atoms with Crippen LogP contribution in [0.3, 0.4) is 0 Å². The van der Waals surface area contributed by atoms with Crippen LogP contribution in [0.5, 0.6) is 5.75 Å². The standard InChI is InChI=1S/C21H21F2N3O2/c1-28-19-11-17-13(12-26(25-17)14-6-3-2-4-7-14)10-18(19)24-21(27)20-15(22)8-5-9-16(20)23/h5,8-12,14H,2-4,6-7H2,1H3,(H,24,27). The van der Waals surface area contributed by atoms with Crippen molar-refractivity contribution in [2.24, 2.45) is 0 Å². The van der Waals surface area contributed by atoms with Crippen molar-refractivity contribution in [3.63, 3.8) is 0 Å². The van der Waals surface area contributed by atoms with Crippen LogP contribution in [-0.2, 0) is 0 Å². The highest BCUT2D eigenvalue weighted by molar-refractivity contribution is 6.06. The molecule has 1 aliphatic carbocycles. The second kappa shape index (κ2) is 7.58. The molecule has 1 amide bonds. The van der Waals surface area contributed by atoms with Gasteiger partial charge in [-0.15, -0.1) is 0 Å². The number of methoxy groups -OCH3 is 1. The van der Waals surface area contributed by atoms with Crippen LogP contribution in [0.25, 0.3) is 10.9 Å². The highest BCUT2D eigenvalue weighted by Crippen LogP contribution is 2.33. The van der Waals surface area contributed by atoms with Crippen LogP contribution in [-0.4, -0.2) is 22.8 Å². The van der Waals surface area contributed by atoms with Crippen LogP contribution >= 0.6 is 0 Å².